The molecule has 1 aromatic heterocycles. The lowest BCUT2D eigenvalue weighted by Crippen LogP contribution is -2.22. The third-order valence-corrected chi connectivity index (χ3v) is 3.55. The smallest absolute Gasteiger partial charge is 0.268 e. The summed E-state index contributed by atoms with van der Waals surface area (Å²) in [6.45, 7) is 0. The minimum absolute atomic E-state index is 0.124. The summed E-state index contributed by atoms with van der Waals surface area (Å²) in [6, 6.07) is 0. The molecule has 2 N–H and O–H groups in total. The van der Waals surface area contributed by atoms with Crippen molar-refractivity contribution in [1.29, 1.82) is 0 Å². The van der Waals surface area contributed by atoms with E-state index < -0.39 is 9.84 Å². The first kappa shape index (κ1) is 7.60. The van der Waals surface area contributed by atoms with E-state index in [4.69, 9.17) is 0 Å². The zero-order valence-electron chi connectivity index (χ0n) is 6.25. The lowest BCUT2D eigenvalue weighted by atomic mass is 10.2. The first-order chi connectivity index (χ1) is 5.58. The van der Waals surface area contributed by atoms with E-state index in [1.165, 1.54) is 0 Å². The molecule has 0 radical (unpaired) electrons. The van der Waals surface area contributed by atoms with Crippen LogP contribution in [-0.4, -0.2) is 24.4 Å². The van der Waals surface area contributed by atoms with E-state index >= 15 is 0 Å². The monoisotopic (exact) mass is 188 g/mol. The summed E-state index contributed by atoms with van der Waals surface area (Å²) in [5.74, 6) is 0.00889. The highest BCUT2D eigenvalue weighted by molar-refractivity contribution is 7.90. The predicted molar refractivity (Wildman–Crippen MR) is 42.6 cm³/mol. The number of fused-ring (bicyclic) bond motifs is 1. The Morgan fingerprint density at radius 3 is 2.75 bits per heavy atom. The van der Waals surface area contributed by atoms with Crippen LogP contribution in [0.4, 0.5) is 0 Å². The number of aromatic nitrogens is 2. The van der Waals surface area contributed by atoms with Crippen molar-refractivity contribution in [3.05, 3.63) is 21.6 Å². The summed E-state index contributed by atoms with van der Waals surface area (Å²) in [5, 5.41) is 5.03. The zero-order chi connectivity index (χ0) is 8.77. The second kappa shape index (κ2) is 2.22. The van der Waals surface area contributed by atoms with E-state index in [1.807, 2.05) is 0 Å². The molecule has 1 aliphatic heterocycles. The number of nitrogens with one attached hydrogen (secondary N) is 2. The SMILES string of the molecule is O=c1[nH][nH]c2c1CS(=O)(=O)CC2. The fraction of sp³-hybridized carbons (Fsp3) is 0.500. The van der Waals surface area contributed by atoms with Crippen LogP contribution < -0.4 is 5.56 Å². The van der Waals surface area contributed by atoms with Crippen molar-refractivity contribution in [1.82, 2.24) is 10.2 Å². The molecule has 2 heterocycles. The van der Waals surface area contributed by atoms with E-state index in [-0.39, 0.29) is 17.1 Å². The molecular weight excluding hydrogens is 180 g/mol. The maximum Gasteiger partial charge on any atom is 0.268 e. The van der Waals surface area contributed by atoms with Gasteiger partial charge in [0, 0.05) is 12.1 Å². The Bertz CT molecular complexity index is 453. The molecule has 6 heteroatoms. The number of hydrogen-bond donors (Lipinski definition) is 2. The summed E-state index contributed by atoms with van der Waals surface area (Å²) in [5.41, 5.74) is 0.796. The minimum atomic E-state index is -3.03. The Morgan fingerprint density at radius 2 is 2.00 bits per heavy atom. The molecule has 2 rings (SSSR count). The van der Waals surface area contributed by atoms with Crippen LogP contribution in [-0.2, 0) is 22.0 Å². The van der Waals surface area contributed by atoms with Gasteiger partial charge in [0.25, 0.3) is 5.56 Å². The van der Waals surface area contributed by atoms with Crippen molar-refractivity contribution in [2.75, 3.05) is 5.75 Å². The molecule has 0 bridgehead atoms. The van der Waals surface area contributed by atoms with E-state index in [0.29, 0.717) is 12.0 Å². The topological polar surface area (TPSA) is 82.8 Å². The van der Waals surface area contributed by atoms with Gasteiger partial charge in [-0.25, -0.2) is 8.42 Å². The molecule has 0 aliphatic carbocycles. The number of sulfone groups is 1. The Balaban J connectivity index is 2.59. The number of aryl methyl sites for hydroxylation is 1. The van der Waals surface area contributed by atoms with Crippen molar-refractivity contribution in [3.8, 4) is 0 Å². The average molecular weight is 188 g/mol. The van der Waals surface area contributed by atoms with E-state index in [0.717, 1.165) is 5.69 Å². The fourth-order valence-corrected chi connectivity index (χ4v) is 2.74. The van der Waals surface area contributed by atoms with Gasteiger partial charge in [-0.15, -0.1) is 0 Å². The summed E-state index contributed by atoms with van der Waals surface area (Å²) in [4.78, 5) is 11.0. The quantitative estimate of drug-likeness (QED) is 0.557. The lowest BCUT2D eigenvalue weighted by molar-refractivity contribution is 0.591. The van der Waals surface area contributed by atoms with Crippen molar-refractivity contribution in [3.63, 3.8) is 0 Å². The first-order valence-corrected chi connectivity index (χ1v) is 5.39. The molecule has 0 saturated carbocycles. The first-order valence-electron chi connectivity index (χ1n) is 3.57. The van der Waals surface area contributed by atoms with Crippen LogP contribution in [0, 0.1) is 0 Å². The second-order valence-corrected chi connectivity index (χ2v) is 5.06. The van der Waals surface area contributed by atoms with Gasteiger partial charge in [-0.1, -0.05) is 0 Å². The fourth-order valence-electron chi connectivity index (χ4n) is 1.34. The van der Waals surface area contributed by atoms with Crippen LogP contribution in [0.5, 0.6) is 0 Å². The van der Waals surface area contributed by atoms with Crippen LogP contribution in [0.3, 0.4) is 0 Å². The van der Waals surface area contributed by atoms with Crippen LogP contribution in [0.15, 0.2) is 4.79 Å². The molecule has 5 nitrogen and oxygen atoms in total. The van der Waals surface area contributed by atoms with Gasteiger partial charge in [-0.2, -0.15) is 0 Å². The van der Waals surface area contributed by atoms with Crippen molar-refractivity contribution in [2.45, 2.75) is 12.2 Å². The Hall–Kier alpha value is -1.04. The van der Waals surface area contributed by atoms with Gasteiger partial charge >= 0.3 is 0 Å². The normalized spacial score (nSPS) is 20.3. The molecule has 12 heavy (non-hydrogen) atoms. The van der Waals surface area contributed by atoms with Crippen LogP contribution >= 0.6 is 0 Å². The van der Waals surface area contributed by atoms with Gasteiger partial charge in [0.05, 0.1) is 17.1 Å². The molecular formula is C6H8N2O3S. The molecule has 1 aromatic rings. The number of H-pyrrole nitrogens is 2. The lowest BCUT2D eigenvalue weighted by Gasteiger charge is -2.09. The summed E-state index contributed by atoms with van der Waals surface area (Å²) >= 11 is 0. The number of rotatable bonds is 0. The highest BCUT2D eigenvalue weighted by Crippen LogP contribution is 2.14. The van der Waals surface area contributed by atoms with Crippen molar-refractivity contribution in [2.24, 2.45) is 0 Å². The third kappa shape index (κ3) is 1.08. The van der Waals surface area contributed by atoms with Crippen LogP contribution in [0.25, 0.3) is 0 Å². The summed E-state index contributed by atoms with van der Waals surface area (Å²) < 4.78 is 22.2. The molecule has 0 saturated heterocycles. The average Bonchev–Trinajstić information content (AvgIpc) is 2.31. The third-order valence-electron chi connectivity index (χ3n) is 1.99. The van der Waals surface area contributed by atoms with Gasteiger partial charge in [0.15, 0.2) is 9.84 Å². The van der Waals surface area contributed by atoms with Gasteiger partial charge in [-0.05, 0) is 0 Å². The summed E-state index contributed by atoms with van der Waals surface area (Å²) in [6.07, 6.45) is 0.413. The Morgan fingerprint density at radius 1 is 1.25 bits per heavy atom. The number of aromatic amines is 2. The molecule has 0 spiro atoms. The molecule has 0 aromatic carbocycles. The Labute approximate surface area is 68.7 Å². The zero-order valence-corrected chi connectivity index (χ0v) is 7.07. The van der Waals surface area contributed by atoms with Crippen molar-refractivity contribution < 1.29 is 8.42 Å². The van der Waals surface area contributed by atoms with Gasteiger partial charge < -0.3 is 5.10 Å². The van der Waals surface area contributed by atoms with Gasteiger partial charge in [0.2, 0.25) is 0 Å². The molecule has 0 unspecified atom stereocenters. The maximum atomic E-state index is 11.1. The van der Waals surface area contributed by atoms with Gasteiger partial charge in [0.1, 0.15) is 0 Å². The van der Waals surface area contributed by atoms with Crippen LogP contribution in [0.1, 0.15) is 11.3 Å². The van der Waals surface area contributed by atoms with Crippen molar-refractivity contribution >= 4 is 9.84 Å². The molecule has 0 amide bonds. The molecule has 0 fully saturated rings. The van der Waals surface area contributed by atoms with E-state index in [9.17, 15) is 13.2 Å². The molecule has 66 valence electrons. The molecule has 0 atom stereocenters. The largest absolute Gasteiger partial charge is 0.302 e. The Kier molecular flexibility index (Phi) is 1.41. The minimum Gasteiger partial charge on any atom is -0.302 e. The number of hydrogen-bond acceptors (Lipinski definition) is 3. The highest BCUT2D eigenvalue weighted by Gasteiger charge is 2.24. The van der Waals surface area contributed by atoms with E-state index in [2.05, 4.69) is 10.2 Å². The standard InChI is InChI=1S/C6H8N2O3S/c9-6-4-3-12(10,11)2-1-5(4)7-8-6/h1-3H2,(H2,7,8,9). The molecule has 1 aliphatic rings. The second-order valence-electron chi connectivity index (χ2n) is 2.88. The predicted octanol–water partition coefficient (Wildman–Crippen LogP) is -0.826. The summed E-state index contributed by atoms with van der Waals surface area (Å²) in [7, 11) is -3.03. The van der Waals surface area contributed by atoms with Crippen LogP contribution in [0.2, 0.25) is 0 Å². The van der Waals surface area contributed by atoms with Gasteiger partial charge in [-0.3, -0.25) is 9.89 Å². The maximum absolute atomic E-state index is 11.1. The highest BCUT2D eigenvalue weighted by atomic mass is 32.2. The van der Waals surface area contributed by atoms with E-state index in [1.54, 1.807) is 0 Å².